The fraction of sp³-hybridized carbons (Fsp3) is 0.682. The second kappa shape index (κ2) is 7.12. The van der Waals surface area contributed by atoms with Gasteiger partial charge in [0, 0.05) is 0 Å². The van der Waals surface area contributed by atoms with E-state index in [4.69, 9.17) is 0 Å². The zero-order valence-corrected chi connectivity index (χ0v) is 19.7. The summed E-state index contributed by atoms with van der Waals surface area (Å²) in [4.78, 5) is 25.5. The first kappa shape index (κ1) is 18.8. The third-order valence-corrected chi connectivity index (χ3v) is 13.1. The van der Waals surface area contributed by atoms with Crippen LogP contribution in [-0.2, 0) is 4.79 Å². The van der Waals surface area contributed by atoms with E-state index in [-0.39, 0.29) is 5.92 Å². The average Bonchev–Trinajstić information content (AvgIpc) is 3.20. The number of hydrogen-bond acceptors (Lipinski definition) is 2. The molecule has 0 saturated carbocycles. The molecule has 3 nitrogen and oxygen atoms in total. The van der Waals surface area contributed by atoms with E-state index in [1.165, 1.54) is 31.2 Å². The van der Waals surface area contributed by atoms with Crippen LogP contribution in [0.1, 0.15) is 43.6 Å². The molecule has 0 unspecified atom stereocenters. The SMILES string of the molecule is CN1[C@H]2CC[C@@H]1[C@@H](C(=O)N1CCCC1)[C@@H](c1cc[c]([Sn]([CH3])([CH3])[CH3])cc1)C2. The molecule has 4 atom stereocenters. The van der Waals surface area contributed by atoms with Crippen LogP contribution >= 0.6 is 0 Å². The van der Waals surface area contributed by atoms with Crippen molar-refractivity contribution < 1.29 is 4.79 Å². The van der Waals surface area contributed by atoms with Crippen molar-refractivity contribution in [2.45, 2.75) is 64.9 Å². The molecule has 1 amide bonds. The van der Waals surface area contributed by atoms with Crippen molar-refractivity contribution in [3.05, 3.63) is 29.8 Å². The third-order valence-electron chi connectivity index (χ3n) is 7.18. The van der Waals surface area contributed by atoms with Crippen molar-refractivity contribution in [3.63, 3.8) is 0 Å². The molecular weight excluding hydrogens is 427 g/mol. The van der Waals surface area contributed by atoms with Gasteiger partial charge in [0.15, 0.2) is 0 Å². The second-order valence-corrected chi connectivity index (χ2v) is 24.2. The van der Waals surface area contributed by atoms with E-state index in [0.29, 0.717) is 23.9 Å². The minimum atomic E-state index is -2.02. The van der Waals surface area contributed by atoms with E-state index in [9.17, 15) is 4.79 Å². The van der Waals surface area contributed by atoms with Gasteiger partial charge in [-0.3, -0.25) is 0 Å². The fourth-order valence-electron chi connectivity index (χ4n) is 5.52. The summed E-state index contributed by atoms with van der Waals surface area (Å²) in [6.07, 6.45) is 5.96. The van der Waals surface area contributed by atoms with Gasteiger partial charge in [0.1, 0.15) is 0 Å². The number of rotatable bonds is 3. The van der Waals surface area contributed by atoms with E-state index >= 15 is 0 Å². The number of fused-ring (bicyclic) bond motifs is 2. The Balaban J connectivity index is 1.65. The van der Waals surface area contributed by atoms with Crippen molar-refractivity contribution in [1.29, 1.82) is 0 Å². The zero-order chi connectivity index (χ0) is 18.5. The van der Waals surface area contributed by atoms with Crippen molar-refractivity contribution in [2.75, 3.05) is 20.1 Å². The summed E-state index contributed by atoms with van der Waals surface area (Å²) in [5, 5.41) is 0. The van der Waals surface area contributed by atoms with E-state index < -0.39 is 18.4 Å². The standard InChI is InChI=1S/C19H25N2O.3CH3.Sn/c1-20-15-9-10-17(20)18(19(22)21-11-5-6-12-21)16(13-15)14-7-3-2-4-8-14;;;;/h3-4,7-8,15-18H,5-6,9-13H2,1H3;3*1H3;/t15-,16+,17+,18-;;;;/m0..../s1. The van der Waals surface area contributed by atoms with Gasteiger partial charge in [0.25, 0.3) is 0 Å². The molecule has 1 aromatic rings. The monoisotopic (exact) mass is 462 g/mol. The van der Waals surface area contributed by atoms with E-state index in [0.717, 1.165) is 19.5 Å². The van der Waals surface area contributed by atoms with Crippen LogP contribution in [0.2, 0.25) is 14.8 Å². The summed E-state index contributed by atoms with van der Waals surface area (Å²) < 4.78 is 1.58. The Kier molecular flexibility index (Phi) is 5.15. The van der Waals surface area contributed by atoms with Gasteiger partial charge in [-0.1, -0.05) is 0 Å². The number of amides is 1. The number of likely N-dealkylation sites (tertiary alicyclic amines) is 1. The van der Waals surface area contributed by atoms with Gasteiger partial charge in [-0.2, -0.15) is 0 Å². The summed E-state index contributed by atoms with van der Waals surface area (Å²) in [6, 6.07) is 10.6. The molecule has 0 N–H and O–H groups in total. The molecule has 2 bridgehead atoms. The molecule has 1 aromatic carbocycles. The van der Waals surface area contributed by atoms with Crippen LogP contribution in [0.15, 0.2) is 24.3 Å². The van der Waals surface area contributed by atoms with Crippen LogP contribution in [0.4, 0.5) is 0 Å². The molecule has 0 radical (unpaired) electrons. The Morgan fingerprint density at radius 3 is 2.31 bits per heavy atom. The molecule has 26 heavy (non-hydrogen) atoms. The molecule has 4 heteroatoms. The number of carbonyl (C=O) groups excluding carboxylic acids is 1. The van der Waals surface area contributed by atoms with Crippen molar-refractivity contribution >= 4 is 27.9 Å². The Labute approximate surface area is 163 Å². The van der Waals surface area contributed by atoms with E-state index in [1.54, 1.807) is 3.58 Å². The first-order valence-electron chi connectivity index (χ1n) is 10.5. The molecule has 3 aliphatic heterocycles. The molecule has 3 fully saturated rings. The molecule has 3 aliphatic rings. The Morgan fingerprint density at radius 2 is 1.69 bits per heavy atom. The first-order chi connectivity index (χ1) is 12.4. The molecule has 0 aliphatic carbocycles. The predicted octanol–water partition coefficient (Wildman–Crippen LogP) is 3.42. The summed E-state index contributed by atoms with van der Waals surface area (Å²) in [5.74, 6) is 0.991. The zero-order valence-electron chi connectivity index (χ0n) is 16.9. The number of carbonyl (C=O) groups is 1. The number of hydrogen-bond donors (Lipinski definition) is 0. The fourth-order valence-corrected chi connectivity index (χ4v) is 8.85. The van der Waals surface area contributed by atoms with Crippen LogP contribution in [0.5, 0.6) is 0 Å². The van der Waals surface area contributed by atoms with Gasteiger partial charge in [-0.15, -0.1) is 0 Å². The molecule has 142 valence electrons. The first-order valence-corrected chi connectivity index (χ1v) is 20.5. The summed E-state index contributed by atoms with van der Waals surface area (Å²) in [5.41, 5.74) is 1.41. The summed E-state index contributed by atoms with van der Waals surface area (Å²) in [6.45, 7) is 1.94. The molecule has 3 saturated heterocycles. The maximum absolute atomic E-state index is 13.5. The van der Waals surface area contributed by atoms with Crippen LogP contribution in [-0.4, -0.2) is 66.3 Å². The summed E-state index contributed by atoms with van der Waals surface area (Å²) in [7, 11) is 2.25. The van der Waals surface area contributed by atoms with Gasteiger partial charge in [0.2, 0.25) is 0 Å². The Bertz CT molecular complexity index is 660. The molecule has 4 rings (SSSR count). The number of benzene rings is 1. The Hall–Kier alpha value is -0.551. The molecular formula is C22H34N2OSn. The minimum absolute atomic E-state index is 0.154. The van der Waals surface area contributed by atoms with Crippen LogP contribution < -0.4 is 3.58 Å². The normalized spacial score (nSPS) is 32.2. The van der Waals surface area contributed by atoms with Crippen molar-refractivity contribution in [3.8, 4) is 0 Å². The van der Waals surface area contributed by atoms with Gasteiger partial charge in [-0.05, 0) is 0 Å². The van der Waals surface area contributed by atoms with E-state index in [2.05, 4.69) is 55.9 Å². The topological polar surface area (TPSA) is 23.6 Å². The van der Waals surface area contributed by atoms with Crippen molar-refractivity contribution in [1.82, 2.24) is 9.80 Å². The van der Waals surface area contributed by atoms with Gasteiger partial charge in [-0.25, -0.2) is 0 Å². The van der Waals surface area contributed by atoms with Crippen LogP contribution in [0, 0.1) is 5.92 Å². The second-order valence-electron chi connectivity index (χ2n) is 9.74. The number of piperidine rings is 1. The van der Waals surface area contributed by atoms with Gasteiger partial charge < -0.3 is 0 Å². The molecule has 0 spiro atoms. The predicted molar refractivity (Wildman–Crippen MR) is 111 cm³/mol. The quantitative estimate of drug-likeness (QED) is 0.645. The van der Waals surface area contributed by atoms with Gasteiger partial charge in [0.05, 0.1) is 0 Å². The van der Waals surface area contributed by atoms with Crippen LogP contribution in [0.25, 0.3) is 0 Å². The van der Waals surface area contributed by atoms with Crippen molar-refractivity contribution in [2.24, 2.45) is 5.92 Å². The van der Waals surface area contributed by atoms with E-state index in [1.807, 2.05) is 0 Å². The average molecular weight is 461 g/mol. The van der Waals surface area contributed by atoms with Gasteiger partial charge >= 0.3 is 163 Å². The molecule has 3 heterocycles. The molecule has 0 aromatic heterocycles. The Morgan fingerprint density at radius 1 is 1.04 bits per heavy atom. The maximum atomic E-state index is 13.5. The van der Waals surface area contributed by atoms with Crippen LogP contribution in [0.3, 0.4) is 0 Å². The third kappa shape index (κ3) is 3.34. The summed E-state index contributed by atoms with van der Waals surface area (Å²) >= 11 is -2.02. The number of nitrogens with zero attached hydrogens (tertiary/aromatic N) is 2.